The Morgan fingerprint density at radius 3 is 2.36 bits per heavy atom. The second kappa shape index (κ2) is 14.8. The summed E-state index contributed by atoms with van der Waals surface area (Å²) in [5.41, 5.74) is 2.28. The topological polar surface area (TPSA) is 129 Å². The van der Waals surface area contributed by atoms with E-state index in [9.17, 15) is 19.2 Å². The highest BCUT2D eigenvalue weighted by molar-refractivity contribution is 5.96. The maximum atomic E-state index is 13.6. The molecule has 0 bridgehead atoms. The number of hydrogen-bond donors (Lipinski definition) is 3. The zero-order valence-corrected chi connectivity index (χ0v) is 26.1. The van der Waals surface area contributed by atoms with Crippen molar-refractivity contribution < 1.29 is 19.2 Å². The number of hydrogen-bond acceptors (Lipinski definition) is 6. The van der Waals surface area contributed by atoms with Crippen LogP contribution in [0.15, 0.2) is 36.5 Å². The molecule has 1 aliphatic carbocycles. The van der Waals surface area contributed by atoms with Gasteiger partial charge in [0.25, 0.3) is 5.91 Å². The van der Waals surface area contributed by atoms with Gasteiger partial charge in [0.05, 0.1) is 0 Å². The van der Waals surface area contributed by atoms with Crippen LogP contribution < -0.4 is 16.0 Å². The number of benzene rings is 1. The Bertz CT molecular complexity index is 1300. The van der Waals surface area contributed by atoms with Crippen LogP contribution in [-0.2, 0) is 34.4 Å². The average molecular weight is 606 g/mol. The maximum absolute atomic E-state index is 13.6. The third kappa shape index (κ3) is 7.85. The van der Waals surface area contributed by atoms with Gasteiger partial charge in [0.15, 0.2) is 0 Å². The summed E-state index contributed by atoms with van der Waals surface area (Å²) in [4.78, 5) is 56.7. The molecule has 3 fully saturated rings. The Morgan fingerprint density at radius 2 is 1.66 bits per heavy atom. The van der Waals surface area contributed by atoms with Crippen molar-refractivity contribution in [3.63, 3.8) is 0 Å². The predicted octanol–water partition coefficient (Wildman–Crippen LogP) is 2.16. The first-order chi connectivity index (χ1) is 21.3. The van der Waals surface area contributed by atoms with E-state index in [4.69, 9.17) is 0 Å². The summed E-state index contributed by atoms with van der Waals surface area (Å²) < 4.78 is 1.51. The number of piperazine rings is 1. The van der Waals surface area contributed by atoms with Gasteiger partial charge in [-0.15, -0.1) is 0 Å². The van der Waals surface area contributed by atoms with Gasteiger partial charge in [-0.2, -0.15) is 5.10 Å². The summed E-state index contributed by atoms with van der Waals surface area (Å²) in [6, 6.07) is 8.64. The van der Waals surface area contributed by atoms with Crippen molar-refractivity contribution in [1.29, 1.82) is 0 Å². The lowest BCUT2D eigenvalue weighted by molar-refractivity contribution is -0.138. The molecule has 1 saturated carbocycles. The Balaban J connectivity index is 1.19. The largest absolute Gasteiger partial charge is 0.350 e. The standard InChI is InChI=1S/C33H47N7O4/c1-3-29(41)36-27(33(44)40-19-18-39-17-7-10-26(39)22-40)20-23-11-13-24(14-12-23)21-34-32(43)30(25-8-5-4-6-9-25)37-31(42)28-15-16-35-38(28)2/h11-16,25-27,30H,3-10,17-22H2,1-2H3,(H,34,43)(H,36,41)(H,37,42)/t26-,27-,30?/m1/s1. The molecule has 2 aliphatic heterocycles. The molecule has 2 saturated heterocycles. The van der Waals surface area contributed by atoms with Gasteiger partial charge in [-0.3, -0.25) is 28.8 Å². The summed E-state index contributed by atoms with van der Waals surface area (Å²) in [7, 11) is 1.71. The van der Waals surface area contributed by atoms with Gasteiger partial charge in [0, 0.05) is 58.3 Å². The second-order valence-electron chi connectivity index (χ2n) is 12.5. The summed E-state index contributed by atoms with van der Waals surface area (Å²) in [5, 5.41) is 13.1. The van der Waals surface area contributed by atoms with E-state index in [1.807, 2.05) is 29.2 Å². The lowest BCUT2D eigenvalue weighted by Gasteiger charge is -2.39. The third-order valence-electron chi connectivity index (χ3n) is 9.53. The lowest BCUT2D eigenvalue weighted by atomic mass is 9.83. The van der Waals surface area contributed by atoms with E-state index >= 15 is 0 Å². The first-order valence-electron chi connectivity index (χ1n) is 16.3. The monoisotopic (exact) mass is 605 g/mol. The fourth-order valence-corrected chi connectivity index (χ4v) is 6.91. The highest BCUT2D eigenvalue weighted by Gasteiger charge is 2.35. The number of carbonyl (C=O) groups excluding carboxylic acids is 4. The van der Waals surface area contributed by atoms with E-state index in [1.54, 1.807) is 26.2 Å². The molecule has 1 aromatic heterocycles. The Labute approximate surface area is 260 Å². The number of aryl methyl sites for hydroxylation is 1. The van der Waals surface area contributed by atoms with Gasteiger partial charge in [0.2, 0.25) is 17.7 Å². The van der Waals surface area contributed by atoms with Crippen molar-refractivity contribution in [2.45, 2.75) is 89.4 Å². The van der Waals surface area contributed by atoms with Crippen molar-refractivity contribution in [3.05, 3.63) is 53.3 Å². The Hall–Kier alpha value is -3.73. The summed E-state index contributed by atoms with van der Waals surface area (Å²) >= 11 is 0. The normalized spacial score (nSPS) is 20.4. The molecule has 2 aromatic rings. The van der Waals surface area contributed by atoms with E-state index in [0.29, 0.717) is 37.7 Å². The van der Waals surface area contributed by atoms with Crippen LogP contribution in [0.25, 0.3) is 0 Å². The lowest BCUT2D eigenvalue weighted by Crippen LogP contribution is -2.57. The summed E-state index contributed by atoms with van der Waals surface area (Å²) in [6.07, 6.45) is 9.66. The predicted molar refractivity (Wildman–Crippen MR) is 166 cm³/mol. The third-order valence-corrected chi connectivity index (χ3v) is 9.53. The van der Waals surface area contributed by atoms with Crippen molar-refractivity contribution in [1.82, 2.24) is 35.5 Å². The number of nitrogens with one attached hydrogen (secondary N) is 3. The minimum Gasteiger partial charge on any atom is -0.350 e. The van der Waals surface area contributed by atoms with Crippen LogP contribution in [0.2, 0.25) is 0 Å². The molecule has 3 aliphatic rings. The fourth-order valence-electron chi connectivity index (χ4n) is 6.91. The molecule has 3 heterocycles. The van der Waals surface area contributed by atoms with Gasteiger partial charge in [-0.25, -0.2) is 0 Å². The molecule has 44 heavy (non-hydrogen) atoms. The van der Waals surface area contributed by atoms with Gasteiger partial charge in [-0.05, 0) is 55.3 Å². The minimum absolute atomic E-state index is 0.0170. The van der Waals surface area contributed by atoms with Crippen molar-refractivity contribution >= 4 is 23.6 Å². The fraction of sp³-hybridized carbons (Fsp3) is 0.606. The van der Waals surface area contributed by atoms with Gasteiger partial charge in [0.1, 0.15) is 17.8 Å². The van der Waals surface area contributed by atoms with Crippen LogP contribution in [0, 0.1) is 5.92 Å². The molecule has 1 unspecified atom stereocenters. The highest BCUT2D eigenvalue weighted by Crippen LogP contribution is 2.27. The maximum Gasteiger partial charge on any atom is 0.270 e. The molecular formula is C33H47N7O4. The number of amides is 4. The molecule has 11 nitrogen and oxygen atoms in total. The van der Waals surface area contributed by atoms with Gasteiger partial charge in [-0.1, -0.05) is 50.5 Å². The number of fused-ring (bicyclic) bond motifs is 1. The van der Waals surface area contributed by atoms with Crippen molar-refractivity contribution in [2.75, 3.05) is 26.2 Å². The van der Waals surface area contributed by atoms with Crippen LogP contribution in [0.1, 0.15) is 79.9 Å². The highest BCUT2D eigenvalue weighted by atomic mass is 16.2. The first-order valence-corrected chi connectivity index (χ1v) is 16.3. The van der Waals surface area contributed by atoms with Crippen LogP contribution >= 0.6 is 0 Å². The first kappa shape index (κ1) is 31.7. The summed E-state index contributed by atoms with van der Waals surface area (Å²) in [5.74, 6) is -0.550. The van der Waals surface area contributed by atoms with E-state index in [2.05, 4.69) is 25.9 Å². The molecule has 3 N–H and O–H groups in total. The SMILES string of the molecule is CCC(=O)N[C@H](Cc1ccc(CNC(=O)C(NC(=O)c2ccnn2C)C2CCCCC2)cc1)C(=O)N1CCN2CCC[C@@H]2C1. The molecule has 0 radical (unpaired) electrons. The smallest absolute Gasteiger partial charge is 0.270 e. The van der Waals surface area contributed by atoms with E-state index in [-0.39, 0.29) is 29.5 Å². The van der Waals surface area contributed by atoms with Crippen molar-refractivity contribution in [2.24, 2.45) is 13.0 Å². The molecular weight excluding hydrogens is 558 g/mol. The zero-order valence-electron chi connectivity index (χ0n) is 26.1. The average Bonchev–Trinajstić information content (AvgIpc) is 3.71. The van der Waals surface area contributed by atoms with Crippen molar-refractivity contribution in [3.8, 4) is 0 Å². The molecule has 1 aromatic carbocycles. The molecule has 11 heteroatoms. The van der Waals surface area contributed by atoms with E-state index in [0.717, 1.165) is 69.3 Å². The van der Waals surface area contributed by atoms with Crippen LogP contribution in [0.4, 0.5) is 0 Å². The Morgan fingerprint density at radius 1 is 0.909 bits per heavy atom. The number of aromatic nitrogens is 2. The van der Waals surface area contributed by atoms with E-state index < -0.39 is 12.1 Å². The quantitative estimate of drug-likeness (QED) is 0.360. The molecule has 238 valence electrons. The van der Waals surface area contributed by atoms with Gasteiger partial charge >= 0.3 is 0 Å². The Kier molecular flexibility index (Phi) is 10.7. The molecule has 5 rings (SSSR count). The van der Waals surface area contributed by atoms with Crippen LogP contribution in [0.5, 0.6) is 0 Å². The minimum atomic E-state index is -0.614. The zero-order chi connectivity index (χ0) is 31.1. The molecule has 3 atom stereocenters. The number of rotatable bonds is 11. The van der Waals surface area contributed by atoms with E-state index in [1.165, 1.54) is 11.1 Å². The van der Waals surface area contributed by atoms with Crippen LogP contribution in [0.3, 0.4) is 0 Å². The van der Waals surface area contributed by atoms with Crippen LogP contribution in [-0.4, -0.2) is 87.5 Å². The summed E-state index contributed by atoms with van der Waals surface area (Å²) in [6.45, 7) is 5.53. The molecule has 4 amide bonds. The number of nitrogens with zero attached hydrogens (tertiary/aromatic N) is 4. The number of carbonyl (C=O) groups is 4. The molecule has 0 spiro atoms. The second-order valence-corrected chi connectivity index (χ2v) is 12.5. The van der Waals surface area contributed by atoms with Gasteiger partial charge < -0.3 is 20.9 Å².